The maximum Gasteiger partial charge on any atom is 0.471 e. The molecule has 0 radical (unpaired) electrons. The summed E-state index contributed by atoms with van der Waals surface area (Å²) in [6.07, 6.45) is 4.25. The molecule has 4 aliphatic carbocycles. The van der Waals surface area contributed by atoms with E-state index < -0.39 is 18.2 Å². The zero-order chi connectivity index (χ0) is 30.3. The number of amides is 2. The number of nitrogens with zero attached hydrogens (tertiary/aromatic N) is 3. The van der Waals surface area contributed by atoms with E-state index in [1.807, 2.05) is 26.8 Å². The molecule has 3 fully saturated rings. The van der Waals surface area contributed by atoms with Gasteiger partial charge in [-0.3, -0.25) is 14.4 Å². The molecule has 41 heavy (non-hydrogen) atoms. The van der Waals surface area contributed by atoms with Crippen LogP contribution in [0.25, 0.3) is 0 Å². The van der Waals surface area contributed by atoms with E-state index in [0.29, 0.717) is 29.1 Å². The van der Waals surface area contributed by atoms with Crippen molar-refractivity contribution in [2.75, 3.05) is 26.7 Å². The molecule has 0 heterocycles. The van der Waals surface area contributed by atoms with Crippen LogP contribution < -0.4 is 0 Å². The number of rotatable bonds is 7. The smallest absolute Gasteiger partial charge is 0.336 e. The summed E-state index contributed by atoms with van der Waals surface area (Å²) >= 11 is 0. The number of carbonyl (C=O) groups excluding carboxylic acids is 3. The number of fused-ring (bicyclic) bond motifs is 5. The minimum absolute atomic E-state index is 0.0518. The summed E-state index contributed by atoms with van der Waals surface area (Å²) in [5.41, 5.74) is 2.31. The van der Waals surface area contributed by atoms with Gasteiger partial charge in [0.05, 0.1) is 5.71 Å². The Bertz CT molecular complexity index is 1100. The lowest BCUT2D eigenvalue weighted by atomic mass is 9.46. The second-order valence-corrected chi connectivity index (χ2v) is 13.8. The van der Waals surface area contributed by atoms with Gasteiger partial charge in [-0.05, 0) is 92.4 Å². The zero-order valence-corrected chi connectivity index (χ0v) is 25.4. The summed E-state index contributed by atoms with van der Waals surface area (Å²) in [4.78, 5) is 43.8. The number of allylic oxidation sites excluding steroid dienone is 1. The quantitative estimate of drug-likeness (QED) is 0.192. The molecule has 0 bridgehead atoms. The van der Waals surface area contributed by atoms with Crippen LogP contribution >= 0.6 is 0 Å². The van der Waals surface area contributed by atoms with Crippen molar-refractivity contribution in [3.63, 3.8) is 0 Å². The summed E-state index contributed by atoms with van der Waals surface area (Å²) in [6, 6.07) is 0. The van der Waals surface area contributed by atoms with Gasteiger partial charge >= 0.3 is 18.2 Å². The lowest BCUT2D eigenvalue weighted by Crippen LogP contribution is -2.51. The highest BCUT2D eigenvalue weighted by molar-refractivity contribution is 5.91. The lowest BCUT2D eigenvalue weighted by Gasteiger charge is -2.58. The average Bonchev–Trinajstić information content (AvgIpc) is 3.25. The zero-order valence-electron chi connectivity index (χ0n) is 25.4. The van der Waals surface area contributed by atoms with Gasteiger partial charge in [-0.2, -0.15) is 13.2 Å². The van der Waals surface area contributed by atoms with Crippen molar-refractivity contribution in [3.05, 3.63) is 11.6 Å². The Morgan fingerprint density at radius 1 is 1.07 bits per heavy atom. The predicted molar refractivity (Wildman–Crippen MR) is 150 cm³/mol. The van der Waals surface area contributed by atoms with Crippen LogP contribution in [0.1, 0.15) is 86.0 Å². The summed E-state index contributed by atoms with van der Waals surface area (Å²) in [7, 11) is 1.07. The Hall–Kier alpha value is -2.39. The van der Waals surface area contributed by atoms with Crippen molar-refractivity contribution in [2.24, 2.45) is 45.6 Å². The first kappa shape index (κ1) is 31.5. The molecule has 0 N–H and O–H groups in total. The molecular weight excluding hydrogens is 535 g/mol. The minimum Gasteiger partial charge on any atom is -0.336 e. The van der Waals surface area contributed by atoms with E-state index in [1.165, 1.54) is 10.5 Å². The van der Waals surface area contributed by atoms with E-state index in [-0.39, 0.29) is 48.1 Å². The van der Waals surface area contributed by atoms with Crippen LogP contribution in [0.4, 0.5) is 18.0 Å². The second-order valence-electron chi connectivity index (χ2n) is 13.8. The van der Waals surface area contributed by atoms with Gasteiger partial charge in [0, 0.05) is 39.0 Å². The molecule has 4 rings (SSSR count). The SMILES string of the molecule is C/C(=N\OC(=O)N(CCN(C)C(=O)C(F)(F)F)CC(C)C)[C@H]1CC[C@H]2[C@@H]3CCC4=CC(=O)CC[C@]4(C)[C@H]3CC[C@]12C. The first-order chi connectivity index (χ1) is 19.1. The Balaban J connectivity index is 1.41. The Labute approximate surface area is 241 Å². The topological polar surface area (TPSA) is 79.3 Å². The van der Waals surface area contributed by atoms with E-state index in [4.69, 9.17) is 4.84 Å². The predicted octanol–water partition coefficient (Wildman–Crippen LogP) is 6.63. The van der Waals surface area contributed by atoms with Gasteiger partial charge < -0.3 is 9.80 Å². The molecule has 0 saturated heterocycles. The molecule has 0 unspecified atom stereocenters. The van der Waals surface area contributed by atoms with Crippen LogP contribution in [-0.2, 0) is 14.4 Å². The number of halogens is 3. The second kappa shape index (κ2) is 11.7. The Morgan fingerprint density at radius 3 is 2.44 bits per heavy atom. The van der Waals surface area contributed by atoms with Gasteiger partial charge in [0.1, 0.15) is 0 Å². The summed E-state index contributed by atoms with van der Waals surface area (Å²) < 4.78 is 38.3. The van der Waals surface area contributed by atoms with Gasteiger partial charge in [0.25, 0.3) is 0 Å². The molecule has 0 spiro atoms. The van der Waals surface area contributed by atoms with Crippen molar-refractivity contribution < 1.29 is 32.4 Å². The standard InChI is InChI=1S/C31H46F3N3O4/c1-19(2)18-37(16-15-36(6)27(39)31(32,33)34)28(40)41-35-20(3)24-9-10-25-23-8-7-21-17-22(38)11-13-29(21,4)26(23)12-14-30(24,25)5/h17,19,23-26H,7-16,18H2,1-6H3/b35-20+/t23-,24+,25-,26-,29-,30+/m0/s1. The molecule has 0 aliphatic heterocycles. The third-order valence-electron chi connectivity index (χ3n) is 10.9. The van der Waals surface area contributed by atoms with E-state index in [0.717, 1.165) is 57.7 Å². The fourth-order valence-corrected chi connectivity index (χ4v) is 8.76. The number of alkyl halides is 3. The van der Waals surface area contributed by atoms with E-state index >= 15 is 0 Å². The number of hydrogen-bond donors (Lipinski definition) is 0. The third kappa shape index (κ3) is 6.21. The molecule has 2 amide bonds. The van der Waals surface area contributed by atoms with Gasteiger partial charge in [0.2, 0.25) is 0 Å². The maximum absolute atomic E-state index is 13.0. The van der Waals surface area contributed by atoms with Crippen LogP contribution in [0.15, 0.2) is 16.8 Å². The fraction of sp³-hybridized carbons (Fsp3) is 0.806. The van der Waals surface area contributed by atoms with Gasteiger partial charge in [-0.1, -0.05) is 38.4 Å². The van der Waals surface area contributed by atoms with E-state index in [9.17, 15) is 27.6 Å². The largest absolute Gasteiger partial charge is 0.471 e. The molecule has 0 aromatic rings. The molecule has 6 atom stereocenters. The third-order valence-corrected chi connectivity index (χ3v) is 10.9. The van der Waals surface area contributed by atoms with Crippen molar-refractivity contribution in [3.8, 4) is 0 Å². The number of ketones is 1. The van der Waals surface area contributed by atoms with E-state index in [1.54, 1.807) is 0 Å². The van der Waals surface area contributed by atoms with Crippen molar-refractivity contribution in [1.29, 1.82) is 0 Å². The summed E-state index contributed by atoms with van der Waals surface area (Å²) in [6.45, 7) is 10.4. The lowest BCUT2D eigenvalue weighted by molar-refractivity contribution is -0.184. The summed E-state index contributed by atoms with van der Waals surface area (Å²) in [5.74, 6) is 0.329. The summed E-state index contributed by atoms with van der Waals surface area (Å²) in [5, 5.41) is 4.28. The molecule has 3 saturated carbocycles. The molecule has 7 nitrogen and oxygen atoms in total. The first-order valence-electron chi connectivity index (χ1n) is 15.1. The van der Waals surface area contributed by atoms with Crippen LogP contribution in [-0.4, -0.2) is 66.2 Å². The van der Waals surface area contributed by atoms with Gasteiger partial charge in [-0.25, -0.2) is 4.79 Å². The highest BCUT2D eigenvalue weighted by Crippen LogP contribution is 2.66. The van der Waals surface area contributed by atoms with Crippen LogP contribution in [0, 0.1) is 40.4 Å². The van der Waals surface area contributed by atoms with Crippen molar-refractivity contribution in [1.82, 2.24) is 9.80 Å². The van der Waals surface area contributed by atoms with Crippen LogP contribution in [0.3, 0.4) is 0 Å². The highest BCUT2D eigenvalue weighted by atomic mass is 19.4. The number of hydrogen-bond acceptors (Lipinski definition) is 5. The molecule has 0 aromatic carbocycles. The molecule has 10 heteroatoms. The Kier molecular flexibility index (Phi) is 9.01. The fourth-order valence-electron chi connectivity index (χ4n) is 8.76. The van der Waals surface area contributed by atoms with Crippen molar-refractivity contribution >= 4 is 23.5 Å². The van der Waals surface area contributed by atoms with Gasteiger partial charge in [-0.15, -0.1) is 0 Å². The normalized spacial score (nSPS) is 33.5. The molecular formula is C31H46F3N3O4. The monoisotopic (exact) mass is 581 g/mol. The number of oxime groups is 1. The minimum atomic E-state index is -4.96. The van der Waals surface area contributed by atoms with Crippen LogP contribution in [0.2, 0.25) is 0 Å². The number of likely N-dealkylation sites (N-methyl/N-ethyl adjacent to an activating group) is 1. The molecule has 230 valence electrons. The highest BCUT2D eigenvalue weighted by Gasteiger charge is 2.59. The maximum atomic E-state index is 13.0. The molecule has 0 aromatic heterocycles. The van der Waals surface area contributed by atoms with E-state index in [2.05, 4.69) is 19.0 Å². The number of carbonyl (C=O) groups is 3. The first-order valence-corrected chi connectivity index (χ1v) is 15.1. The van der Waals surface area contributed by atoms with Gasteiger partial charge in [0.15, 0.2) is 5.78 Å². The average molecular weight is 582 g/mol. The Morgan fingerprint density at radius 2 is 1.78 bits per heavy atom. The molecule has 4 aliphatic rings. The van der Waals surface area contributed by atoms with Crippen LogP contribution in [0.5, 0.6) is 0 Å². The van der Waals surface area contributed by atoms with Crippen molar-refractivity contribution in [2.45, 2.75) is 92.2 Å².